The quantitative estimate of drug-likeness (QED) is 0.494. The third-order valence-electron chi connectivity index (χ3n) is 4.37. The van der Waals surface area contributed by atoms with Crippen LogP contribution in [0.2, 0.25) is 5.02 Å². The van der Waals surface area contributed by atoms with Crippen LogP contribution in [0.1, 0.15) is 16.7 Å². The number of anilines is 1. The molecule has 0 aliphatic carbocycles. The van der Waals surface area contributed by atoms with E-state index in [0.29, 0.717) is 16.5 Å². The lowest BCUT2D eigenvalue weighted by Crippen LogP contribution is -2.20. The Hall–Kier alpha value is -3.31. The average molecular weight is 423 g/mol. The van der Waals surface area contributed by atoms with E-state index in [0.717, 1.165) is 28.1 Å². The molecule has 0 saturated heterocycles. The molecule has 154 valence electrons. The van der Waals surface area contributed by atoms with Crippen molar-refractivity contribution in [2.45, 2.75) is 13.8 Å². The van der Waals surface area contributed by atoms with Gasteiger partial charge in [0.15, 0.2) is 18.1 Å². The summed E-state index contributed by atoms with van der Waals surface area (Å²) in [4.78, 5) is 16.6. The van der Waals surface area contributed by atoms with E-state index in [1.807, 2.05) is 62.4 Å². The molecule has 0 aliphatic rings. The van der Waals surface area contributed by atoms with Gasteiger partial charge in [-0.25, -0.2) is 0 Å². The molecule has 0 spiro atoms. The maximum Gasteiger partial charge on any atom is 0.262 e. The van der Waals surface area contributed by atoms with E-state index in [9.17, 15) is 4.79 Å². The summed E-state index contributed by atoms with van der Waals surface area (Å²) in [6.45, 7) is 3.79. The zero-order valence-electron chi connectivity index (χ0n) is 17.1. The minimum atomic E-state index is -0.246. The number of nitrogens with one attached hydrogen (secondary N) is 1. The first-order chi connectivity index (χ1) is 14.4. The molecule has 6 heteroatoms. The van der Waals surface area contributed by atoms with E-state index in [1.165, 1.54) is 0 Å². The Labute approximate surface area is 181 Å². The van der Waals surface area contributed by atoms with Crippen LogP contribution in [0.4, 0.5) is 11.4 Å². The topological polar surface area (TPSA) is 59.9 Å². The molecule has 3 rings (SSSR count). The van der Waals surface area contributed by atoms with Crippen molar-refractivity contribution in [1.29, 1.82) is 0 Å². The molecule has 0 radical (unpaired) electrons. The van der Waals surface area contributed by atoms with Gasteiger partial charge in [-0.3, -0.25) is 9.79 Å². The van der Waals surface area contributed by atoms with Crippen LogP contribution >= 0.6 is 11.6 Å². The average Bonchev–Trinajstić information content (AvgIpc) is 2.73. The molecule has 1 amide bonds. The molecule has 30 heavy (non-hydrogen) atoms. The number of hydrogen-bond acceptors (Lipinski definition) is 4. The number of ether oxygens (including phenoxy) is 2. The number of aryl methyl sites for hydroxylation is 2. The highest BCUT2D eigenvalue weighted by molar-refractivity contribution is 6.31. The molecular formula is C24H23ClN2O3. The van der Waals surface area contributed by atoms with E-state index in [4.69, 9.17) is 21.1 Å². The van der Waals surface area contributed by atoms with E-state index in [2.05, 4.69) is 10.3 Å². The van der Waals surface area contributed by atoms with E-state index in [-0.39, 0.29) is 12.5 Å². The van der Waals surface area contributed by atoms with Crippen molar-refractivity contribution in [3.8, 4) is 11.5 Å². The molecular weight excluding hydrogens is 400 g/mol. The highest BCUT2D eigenvalue weighted by Crippen LogP contribution is 2.28. The summed E-state index contributed by atoms with van der Waals surface area (Å²) < 4.78 is 11.0. The summed E-state index contributed by atoms with van der Waals surface area (Å²) in [6, 6.07) is 18.6. The van der Waals surface area contributed by atoms with Gasteiger partial charge in [0.2, 0.25) is 0 Å². The Morgan fingerprint density at radius 2 is 1.90 bits per heavy atom. The van der Waals surface area contributed by atoms with Crippen LogP contribution in [0, 0.1) is 13.8 Å². The third-order valence-corrected chi connectivity index (χ3v) is 4.77. The fourth-order valence-corrected chi connectivity index (χ4v) is 2.93. The standard InChI is InChI=1S/C24H23ClN2O3/c1-16-5-4-6-20(11-16)27-24(28)15-30-22-10-8-18(12-23(22)29-3)14-26-19-9-7-17(2)21(25)13-19/h4-14H,15H2,1-3H3,(H,27,28). The summed E-state index contributed by atoms with van der Waals surface area (Å²) in [5.41, 5.74) is 4.40. The lowest BCUT2D eigenvalue weighted by atomic mass is 10.2. The fourth-order valence-electron chi connectivity index (χ4n) is 2.76. The minimum Gasteiger partial charge on any atom is -0.493 e. The number of benzene rings is 3. The predicted molar refractivity (Wildman–Crippen MR) is 122 cm³/mol. The Balaban J connectivity index is 1.64. The summed E-state index contributed by atoms with van der Waals surface area (Å²) in [5, 5.41) is 3.49. The van der Waals surface area contributed by atoms with Crippen LogP contribution in [-0.2, 0) is 4.79 Å². The second-order valence-corrected chi connectivity index (χ2v) is 7.22. The molecule has 0 aliphatic heterocycles. The van der Waals surface area contributed by atoms with Crippen molar-refractivity contribution in [3.05, 3.63) is 82.4 Å². The number of hydrogen-bond donors (Lipinski definition) is 1. The van der Waals surface area contributed by atoms with Gasteiger partial charge in [0.1, 0.15) is 0 Å². The number of aliphatic imine (C=N–C) groups is 1. The maximum absolute atomic E-state index is 12.2. The van der Waals surface area contributed by atoms with Crippen molar-refractivity contribution in [1.82, 2.24) is 0 Å². The van der Waals surface area contributed by atoms with Gasteiger partial charge in [-0.2, -0.15) is 0 Å². The number of carbonyl (C=O) groups excluding carboxylic acids is 1. The third kappa shape index (κ3) is 5.84. The van der Waals surface area contributed by atoms with Gasteiger partial charge in [0.05, 0.1) is 12.8 Å². The number of amides is 1. The van der Waals surface area contributed by atoms with Crippen LogP contribution in [0.25, 0.3) is 0 Å². The molecule has 3 aromatic carbocycles. The van der Waals surface area contributed by atoms with Crippen LogP contribution in [0.15, 0.2) is 65.7 Å². The first-order valence-electron chi connectivity index (χ1n) is 9.42. The van der Waals surface area contributed by atoms with Gasteiger partial charge in [0, 0.05) is 16.9 Å². The van der Waals surface area contributed by atoms with Gasteiger partial charge in [-0.1, -0.05) is 29.8 Å². The number of halogens is 1. The van der Waals surface area contributed by atoms with Crippen molar-refractivity contribution in [2.24, 2.45) is 4.99 Å². The number of carbonyl (C=O) groups is 1. The highest BCUT2D eigenvalue weighted by Gasteiger charge is 2.09. The van der Waals surface area contributed by atoms with Crippen LogP contribution in [0.3, 0.4) is 0 Å². The Morgan fingerprint density at radius 1 is 1.07 bits per heavy atom. The second-order valence-electron chi connectivity index (χ2n) is 6.81. The van der Waals surface area contributed by atoms with Crippen molar-refractivity contribution in [2.75, 3.05) is 19.0 Å². The van der Waals surface area contributed by atoms with Gasteiger partial charge in [-0.05, 0) is 73.0 Å². The summed E-state index contributed by atoms with van der Waals surface area (Å²) >= 11 is 6.14. The SMILES string of the molecule is COc1cc(C=Nc2ccc(C)c(Cl)c2)ccc1OCC(=O)Nc1cccc(C)c1. The van der Waals surface area contributed by atoms with Crippen molar-refractivity contribution >= 4 is 35.1 Å². The van der Waals surface area contributed by atoms with Gasteiger partial charge >= 0.3 is 0 Å². The molecule has 1 N–H and O–H groups in total. The first-order valence-corrected chi connectivity index (χ1v) is 9.80. The molecule has 0 atom stereocenters. The lowest BCUT2D eigenvalue weighted by Gasteiger charge is -2.11. The molecule has 0 saturated carbocycles. The van der Waals surface area contributed by atoms with Crippen molar-refractivity contribution in [3.63, 3.8) is 0 Å². The zero-order valence-corrected chi connectivity index (χ0v) is 17.9. The maximum atomic E-state index is 12.2. The summed E-state index contributed by atoms with van der Waals surface area (Å²) in [7, 11) is 1.55. The number of nitrogens with zero attached hydrogens (tertiary/aromatic N) is 1. The normalized spacial score (nSPS) is 10.8. The molecule has 5 nitrogen and oxygen atoms in total. The largest absolute Gasteiger partial charge is 0.493 e. The smallest absolute Gasteiger partial charge is 0.262 e. The Kier molecular flexibility index (Phi) is 7.09. The van der Waals surface area contributed by atoms with Crippen LogP contribution in [-0.4, -0.2) is 25.8 Å². The molecule has 0 fully saturated rings. The highest BCUT2D eigenvalue weighted by atomic mass is 35.5. The Morgan fingerprint density at radius 3 is 2.63 bits per heavy atom. The molecule has 3 aromatic rings. The molecule has 0 bridgehead atoms. The summed E-state index contributed by atoms with van der Waals surface area (Å²) in [5.74, 6) is 0.751. The van der Waals surface area contributed by atoms with E-state index in [1.54, 1.807) is 25.5 Å². The van der Waals surface area contributed by atoms with Gasteiger partial charge < -0.3 is 14.8 Å². The monoisotopic (exact) mass is 422 g/mol. The fraction of sp³-hybridized carbons (Fsp3) is 0.167. The van der Waals surface area contributed by atoms with Gasteiger partial charge in [-0.15, -0.1) is 0 Å². The number of methoxy groups -OCH3 is 1. The second kappa shape index (κ2) is 9.94. The van der Waals surface area contributed by atoms with Crippen molar-refractivity contribution < 1.29 is 14.3 Å². The summed E-state index contributed by atoms with van der Waals surface area (Å²) in [6.07, 6.45) is 1.72. The molecule has 0 heterocycles. The predicted octanol–water partition coefficient (Wildman–Crippen LogP) is 5.73. The van der Waals surface area contributed by atoms with E-state index < -0.39 is 0 Å². The van der Waals surface area contributed by atoms with Crippen LogP contribution < -0.4 is 14.8 Å². The first kappa shape index (κ1) is 21.4. The van der Waals surface area contributed by atoms with E-state index >= 15 is 0 Å². The minimum absolute atomic E-state index is 0.125. The Bertz CT molecular complexity index is 1080. The zero-order chi connectivity index (χ0) is 21.5. The van der Waals surface area contributed by atoms with Crippen LogP contribution in [0.5, 0.6) is 11.5 Å². The number of rotatable bonds is 7. The van der Waals surface area contributed by atoms with Gasteiger partial charge in [0.25, 0.3) is 5.91 Å². The molecule has 0 unspecified atom stereocenters. The molecule has 0 aromatic heterocycles. The lowest BCUT2D eigenvalue weighted by molar-refractivity contribution is -0.118.